The second-order valence-electron chi connectivity index (χ2n) is 8.18. The van der Waals surface area contributed by atoms with Crippen LogP contribution in [-0.2, 0) is 11.3 Å². The Morgan fingerprint density at radius 3 is 2.38 bits per heavy atom. The minimum Gasteiger partial charge on any atom is -0.496 e. The van der Waals surface area contributed by atoms with E-state index < -0.39 is 0 Å². The Bertz CT molecular complexity index is 1100. The summed E-state index contributed by atoms with van der Waals surface area (Å²) in [5.41, 5.74) is 3.61. The number of carbonyl (C=O) groups excluding carboxylic acids is 2. The molecule has 0 spiro atoms. The molecule has 1 aliphatic heterocycles. The molecule has 0 unspecified atom stereocenters. The highest BCUT2D eigenvalue weighted by Gasteiger charge is 2.41. The van der Waals surface area contributed by atoms with Gasteiger partial charge in [-0.1, -0.05) is 66.7 Å². The molecule has 1 aliphatic rings. The fourth-order valence-electron chi connectivity index (χ4n) is 4.42. The lowest BCUT2D eigenvalue weighted by Gasteiger charge is -2.20. The van der Waals surface area contributed by atoms with Gasteiger partial charge >= 0.3 is 0 Å². The molecule has 0 radical (unpaired) electrons. The highest BCUT2D eigenvalue weighted by molar-refractivity contribution is 5.96. The fourth-order valence-corrected chi connectivity index (χ4v) is 4.42. The van der Waals surface area contributed by atoms with Crippen molar-refractivity contribution in [2.45, 2.75) is 19.4 Å². The highest BCUT2D eigenvalue weighted by Crippen LogP contribution is 2.38. The summed E-state index contributed by atoms with van der Waals surface area (Å²) in [5.74, 6) is 0.146. The van der Waals surface area contributed by atoms with Crippen molar-refractivity contribution in [2.75, 3.05) is 20.2 Å². The summed E-state index contributed by atoms with van der Waals surface area (Å²) in [5, 5.41) is 3.07. The number of rotatable bonds is 6. The van der Waals surface area contributed by atoms with Gasteiger partial charge in [0, 0.05) is 31.1 Å². The van der Waals surface area contributed by atoms with Crippen LogP contribution >= 0.6 is 0 Å². The van der Waals surface area contributed by atoms with E-state index in [4.69, 9.17) is 4.74 Å². The quantitative estimate of drug-likeness (QED) is 0.641. The van der Waals surface area contributed by atoms with Gasteiger partial charge in [-0.25, -0.2) is 0 Å². The first-order chi connectivity index (χ1) is 15.6. The number of nitrogens with zero attached hydrogens (tertiary/aromatic N) is 1. The monoisotopic (exact) mass is 428 g/mol. The molecule has 0 aromatic heterocycles. The number of nitrogens with one attached hydrogen (secondary N) is 1. The van der Waals surface area contributed by atoms with Crippen molar-refractivity contribution in [1.29, 1.82) is 0 Å². The van der Waals surface area contributed by atoms with Crippen LogP contribution in [0, 0.1) is 12.8 Å². The Hall–Kier alpha value is -3.60. The summed E-state index contributed by atoms with van der Waals surface area (Å²) in [6, 6.07) is 25.2. The average Bonchev–Trinajstić information content (AvgIpc) is 3.28. The lowest BCUT2D eigenvalue weighted by atomic mass is 9.87. The van der Waals surface area contributed by atoms with Crippen molar-refractivity contribution in [1.82, 2.24) is 10.2 Å². The Labute approximate surface area is 189 Å². The molecule has 1 fully saturated rings. The topological polar surface area (TPSA) is 58.6 Å². The molecule has 4 rings (SSSR count). The second-order valence-corrected chi connectivity index (χ2v) is 8.18. The van der Waals surface area contributed by atoms with E-state index in [1.807, 2.05) is 85.8 Å². The van der Waals surface area contributed by atoms with Crippen molar-refractivity contribution in [3.63, 3.8) is 0 Å². The lowest BCUT2D eigenvalue weighted by molar-refractivity contribution is -0.125. The van der Waals surface area contributed by atoms with E-state index in [-0.39, 0.29) is 23.7 Å². The molecular formula is C27H28N2O3. The Morgan fingerprint density at radius 1 is 0.938 bits per heavy atom. The van der Waals surface area contributed by atoms with Crippen molar-refractivity contribution in [3.05, 3.63) is 101 Å². The largest absolute Gasteiger partial charge is 0.496 e. The van der Waals surface area contributed by atoms with Crippen molar-refractivity contribution >= 4 is 11.8 Å². The number of para-hydroxylation sites is 1. The number of ether oxygens (including phenoxy) is 1. The third kappa shape index (κ3) is 4.52. The SMILES string of the molecule is COc1ccccc1[C@@H]1CN(C(=O)c2ccccc2C)C[C@@H]1C(=O)NCc1ccccc1. The molecule has 1 heterocycles. The Balaban J connectivity index is 1.60. The van der Waals surface area contributed by atoms with Crippen LogP contribution < -0.4 is 10.1 Å². The van der Waals surface area contributed by atoms with Crippen LogP contribution in [0.1, 0.15) is 33.0 Å². The zero-order chi connectivity index (χ0) is 22.5. The molecule has 32 heavy (non-hydrogen) atoms. The van der Waals surface area contributed by atoms with E-state index in [0.717, 1.165) is 22.4 Å². The summed E-state index contributed by atoms with van der Waals surface area (Å²) in [6.45, 7) is 3.24. The molecule has 2 amide bonds. The first kappa shape index (κ1) is 21.6. The zero-order valence-corrected chi connectivity index (χ0v) is 18.5. The predicted molar refractivity (Wildman–Crippen MR) is 125 cm³/mol. The molecule has 2 atom stereocenters. The van der Waals surface area contributed by atoms with Gasteiger partial charge in [0.25, 0.3) is 5.91 Å². The molecular weight excluding hydrogens is 400 g/mol. The number of likely N-dealkylation sites (tertiary alicyclic amines) is 1. The van der Waals surface area contributed by atoms with Gasteiger partial charge in [0.15, 0.2) is 0 Å². The number of amides is 2. The Morgan fingerprint density at radius 2 is 1.62 bits per heavy atom. The molecule has 5 heteroatoms. The average molecular weight is 429 g/mol. The van der Waals surface area contributed by atoms with E-state index in [1.54, 1.807) is 12.0 Å². The number of methoxy groups -OCH3 is 1. The third-order valence-corrected chi connectivity index (χ3v) is 6.17. The van der Waals surface area contributed by atoms with Gasteiger partial charge in [-0.15, -0.1) is 0 Å². The van der Waals surface area contributed by atoms with Gasteiger partial charge in [-0.05, 0) is 35.7 Å². The van der Waals surface area contributed by atoms with Gasteiger partial charge in [0.1, 0.15) is 5.75 Å². The molecule has 164 valence electrons. The maximum atomic E-state index is 13.3. The van der Waals surface area contributed by atoms with Crippen molar-refractivity contribution in [2.24, 2.45) is 5.92 Å². The van der Waals surface area contributed by atoms with Crippen LogP contribution in [0.15, 0.2) is 78.9 Å². The van der Waals surface area contributed by atoms with Crippen LogP contribution in [0.3, 0.4) is 0 Å². The van der Waals surface area contributed by atoms with E-state index >= 15 is 0 Å². The molecule has 5 nitrogen and oxygen atoms in total. The summed E-state index contributed by atoms with van der Waals surface area (Å²) in [6.07, 6.45) is 0. The number of benzene rings is 3. The maximum Gasteiger partial charge on any atom is 0.254 e. The molecule has 3 aromatic rings. The van der Waals surface area contributed by atoms with Crippen LogP contribution in [0.4, 0.5) is 0 Å². The fraction of sp³-hybridized carbons (Fsp3) is 0.259. The molecule has 0 aliphatic carbocycles. The molecule has 0 saturated carbocycles. The van der Waals surface area contributed by atoms with E-state index in [0.29, 0.717) is 25.2 Å². The number of hydrogen-bond donors (Lipinski definition) is 1. The number of hydrogen-bond acceptors (Lipinski definition) is 3. The van der Waals surface area contributed by atoms with Gasteiger partial charge in [-0.3, -0.25) is 9.59 Å². The summed E-state index contributed by atoms with van der Waals surface area (Å²) < 4.78 is 5.58. The second kappa shape index (κ2) is 9.69. The maximum absolute atomic E-state index is 13.3. The normalized spacial score (nSPS) is 17.8. The third-order valence-electron chi connectivity index (χ3n) is 6.17. The highest BCUT2D eigenvalue weighted by atomic mass is 16.5. The number of carbonyl (C=O) groups is 2. The van der Waals surface area contributed by atoms with Gasteiger partial charge in [0.2, 0.25) is 5.91 Å². The summed E-state index contributed by atoms with van der Waals surface area (Å²) >= 11 is 0. The summed E-state index contributed by atoms with van der Waals surface area (Å²) in [4.78, 5) is 28.4. The van der Waals surface area contributed by atoms with Crippen LogP contribution in [0.5, 0.6) is 5.75 Å². The van der Waals surface area contributed by atoms with Crippen LogP contribution in [-0.4, -0.2) is 36.9 Å². The standard InChI is InChI=1S/C27H28N2O3/c1-19-10-6-7-13-21(19)27(31)29-17-23(22-14-8-9-15-25(22)32-2)24(18-29)26(30)28-16-20-11-4-3-5-12-20/h3-15,23-24H,16-18H2,1-2H3,(H,28,30)/t23-,24-/m0/s1. The molecule has 0 bridgehead atoms. The molecule has 1 N–H and O–H groups in total. The smallest absolute Gasteiger partial charge is 0.254 e. The lowest BCUT2D eigenvalue weighted by Crippen LogP contribution is -2.35. The Kier molecular flexibility index (Phi) is 6.55. The molecule has 1 saturated heterocycles. The first-order valence-electron chi connectivity index (χ1n) is 10.9. The van der Waals surface area contributed by atoms with Crippen molar-refractivity contribution < 1.29 is 14.3 Å². The molecule has 3 aromatic carbocycles. The van der Waals surface area contributed by atoms with E-state index in [2.05, 4.69) is 5.32 Å². The van der Waals surface area contributed by atoms with Gasteiger partial charge in [0.05, 0.1) is 13.0 Å². The minimum atomic E-state index is -0.358. The van der Waals surface area contributed by atoms with Gasteiger partial charge < -0.3 is 15.0 Å². The number of aryl methyl sites for hydroxylation is 1. The van der Waals surface area contributed by atoms with Crippen LogP contribution in [0.25, 0.3) is 0 Å². The van der Waals surface area contributed by atoms with Crippen molar-refractivity contribution in [3.8, 4) is 5.75 Å². The zero-order valence-electron chi connectivity index (χ0n) is 18.5. The van der Waals surface area contributed by atoms with Crippen LogP contribution in [0.2, 0.25) is 0 Å². The predicted octanol–water partition coefficient (Wildman–Crippen LogP) is 4.18. The van der Waals surface area contributed by atoms with E-state index in [9.17, 15) is 9.59 Å². The summed E-state index contributed by atoms with van der Waals surface area (Å²) in [7, 11) is 1.63. The minimum absolute atomic E-state index is 0.0404. The van der Waals surface area contributed by atoms with E-state index in [1.165, 1.54) is 0 Å². The first-order valence-corrected chi connectivity index (χ1v) is 10.9. The van der Waals surface area contributed by atoms with Gasteiger partial charge in [-0.2, -0.15) is 0 Å².